The van der Waals surface area contributed by atoms with Crippen molar-refractivity contribution in [2.75, 3.05) is 22.4 Å². The lowest BCUT2D eigenvalue weighted by molar-refractivity contribution is -0.116. The van der Waals surface area contributed by atoms with Crippen molar-refractivity contribution in [2.24, 2.45) is 0 Å². The van der Waals surface area contributed by atoms with E-state index in [2.05, 4.69) is 5.32 Å². The Morgan fingerprint density at radius 2 is 1.64 bits per heavy atom. The van der Waals surface area contributed by atoms with Gasteiger partial charge in [-0.1, -0.05) is 0 Å². The summed E-state index contributed by atoms with van der Waals surface area (Å²) in [5, 5.41) is 2.47. The first-order chi connectivity index (χ1) is 11.7. The predicted octanol–water partition coefficient (Wildman–Crippen LogP) is 2.90. The zero-order valence-electron chi connectivity index (χ0n) is 13.2. The maximum Gasteiger partial charge on any atom is 0.232 e. The van der Waals surface area contributed by atoms with E-state index < -0.39 is 33.4 Å². The standard InChI is InChI=1S/C16H15F3N2O3S/c1-25(23,24)21(15-7-4-12(18)10-14(15)19)9-8-16(22)20-13-5-2-11(17)3-6-13/h2-7,10H,8-9H2,1H3,(H,20,22). The molecular formula is C16H15F3N2O3S. The van der Waals surface area contributed by atoms with Gasteiger partial charge in [-0.2, -0.15) is 0 Å². The van der Waals surface area contributed by atoms with Crippen LogP contribution in [-0.2, 0) is 14.8 Å². The van der Waals surface area contributed by atoms with Crippen LogP contribution in [0.15, 0.2) is 42.5 Å². The summed E-state index contributed by atoms with van der Waals surface area (Å²) in [4.78, 5) is 11.9. The van der Waals surface area contributed by atoms with E-state index in [0.29, 0.717) is 16.1 Å². The highest BCUT2D eigenvalue weighted by molar-refractivity contribution is 7.92. The topological polar surface area (TPSA) is 66.5 Å². The molecule has 0 fully saturated rings. The van der Waals surface area contributed by atoms with Crippen LogP contribution in [0, 0.1) is 17.5 Å². The lowest BCUT2D eigenvalue weighted by Gasteiger charge is -2.22. The normalized spacial score (nSPS) is 11.2. The molecule has 0 aliphatic rings. The highest BCUT2D eigenvalue weighted by atomic mass is 32.2. The summed E-state index contributed by atoms with van der Waals surface area (Å²) < 4.78 is 64.1. The van der Waals surface area contributed by atoms with Gasteiger partial charge < -0.3 is 5.32 Å². The first-order valence-electron chi connectivity index (χ1n) is 7.15. The number of nitrogens with zero attached hydrogens (tertiary/aromatic N) is 1. The highest BCUT2D eigenvalue weighted by Gasteiger charge is 2.22. The summed E-state index contributed by atoms with van der Waals surface area (Å²) in [6, 6.07) is 7.49. The summed E-state index contributed by atoms with van der Waals surface area (Å²) in [5.74, 6) is -2.90. The zero-order valence-corrected chi connectivity index (χ0v) is 14.0. The van der Waals surface area contributed by atoms with E-state index >= 15 is 0 Å². The molecule has 0 bridgehead atoms. The number of hydrogen-bond acceptors (Lipinski definition) is 3. The number of nitrogens with one attached hydrogen (secondary N) is 1. The molecule has 2 aromatic rings. The highest BCUT2D eigenvalue weighted by Crippen LogP contribution is 2.23. The van der Waals surface area contributed by atoms with Crippen LogP contribution in [0.1, 0.15) is 6.42 Å². The van der Waals surface area contributed by atoms with Crippen molar-refractivity contribution >= 4 is 27.3 Å². The number of rotatable bonds is 6. The number of carbonyl (C=O) groups excluding carboxylic acids is 1. The van der Waals surface area contributed by atoms with Gasteiger partial charge in [0.05, 0.1) is 11.9 Å². The monoisotopic (exact) mass is 372 g/mol. The molecule has 25 heavy (non-hydrogen) atoms. The number of amides is 1. The molecule has 5 nitrogen and oxygen atoms in total. The Morgan fingerprint density at radius 1 is 1.04 bits per heavy atom. The van der Waals surface area contributed by atoms with Gasteiger partial charge in [0.2, 0.25) is 15.9 Å². The van der Waals surface area contributed by atoms with Crippen molar-refractivity contribution in [2.45, 2.75) is 6.42 Å². The largest absolute Gasteiger partial charge is 0.326 e. The third-order valence-corrected chi connectivity index (χ3v) is 4.43. The molecule has 0 aliphatic heterocycles. The van der Waals surface area contributed by atoms with E-state index in [0.717, 1.165) is 30.5 Å². The fraction of sp³-hybridized carbons (Fsp3) is 0.188. The van der Waals surface area contributed by atoms with Gasteiger partial charge in [0.1, 0.15) is 17.5 Å². The van der Waals surface area contributed by atoms with Crippen molar-refractivity contribution in [3.8, 4) is 0 Å². The molecule has 9 heteroatoms. The third kappa shape index (κ3) is 5.21. The molecule has 134 valence electrons. The average Bonchev–Trinajstić information content (AvgIpc) is 2.50. The summed E-state index contributed by atoms with van der Waals surface area (Å²) in [6.07, 6.45) is 0.578. The number of hydrogen-bond donors (Lipinski definition) is 1. The van der Waals surface area contributed by atoms with E-state index in [1.54, 1.807) is 0 Å². The summed E-state index contributed by atoms with van der Waals surface area (Å²) in [6.45, 7) is -0.339. The minimum atomic E-state index is -3.89. The molecule has 0 saturated heterocycles. The molecule has 0 radical (unpaired) electrons. The Morgan fingerprint density at radius 3 is 2.20 bits per heavy atom. The van der Waals surface area contributed by atoms with Crippen molar-refractivity contribution < 1.29 is 26.4 Å². The number of halogens is 3. The predicted molar refractivity (Wildman–Crippen MR) is 88.2 cm³/mol. The van der Waals surface area contributed by atoms with Gasteiger partial charge in [-0.25, -0.2) is 21.6 Å². The van der Waals surface area contributed by atoms with Crippen LogP contribution in [0.3, 0.4) is 0 Å². The van der Waals surface area contributed by atoms with Crippen LogP contribution in [0.5, 0.6) is 0 Å². The Labute approximate surface area is 143 Å². The van der Waals surface area contributed by atoms with Gasteiger partial charge >= 0.3 is 0 Å². The zero-order chi connectivity index (χ0) is 18.6. The Balaban J connectivity index is 2.10. The number of anilines is 2. The Hall–Kier alpha value is -2.55. The molecular weight excluding hydrogens is 357 g/mol. The fourth-order valence-electron chi connectivity index (χ4n) is 2.11. The molecule has 0 aromatic heterocycles. The average molecular weight is 372 g/mol. The molecule has 0 atom stereocenters. The van der Waals surface area contributed by atoms with Crippen LogP contribution >= 0.6 is 0 Å². The molecule has 0 unspecified atom stereocenters. The molecule has 0 spiro atoms. The van der Waals surface area contributed by atoms with Crippen LogP contribution < -0.4 is 9.62 Å². The van der Waals surface area contributed by atoms with E-state index in [1.807, 2.05) is 0 Å². The smallest absolute Gasteiger partial charge is 0.232 e. The lowest BCUT2D eigenvalue weighted by atomic mass is 10.2. The van der Waals surface area contributed by atoms with Gasteiger partial charge in [-0.3, -0.25) is 9.10 Å². The van der Waals surface area contributed by atoms with Gasteiger partial charge in [-0.15, -0.1) is 0 Å². The van der Waals surface area contributed by atoms with Crippen LogP contribution in [0.2, 0.25) is 0 Å². The Bertz CT molecular complexity index is 871. The van der Waals surface area contributed by atoms with Crippen LogP contribution in [0.4, 0.5) is 24.5 Å². The van der Waals surface area contributed by atoms with Gasteiger partial charge in [0, 0.05) is 24.7 Å². The molecule has 2 rings (SSSR count). The minimum absolute atomic E-state index is 0.277. The molecule has 2 aromatic carbocycles. The van der Waals surface area contributed by atoms with E-state index in [4.69, 9.17) is 0 Å². The molecule has 0 heterocycles. The second-order valence-corrected chi connectivity index (χ2v) is 7.14. The second kappa shape index (κ2) is 7.56. The van der Waals surface area contributed by atoms with Crippen LogP contribution in [-0.4, -0.2) is 27.1 Å². The van der Waals surface area contributed by atoms with E-state index in [-0.39, 0.29) is 18.7 Å². The van der Waals surface area contributed by atoms with E-state index in [9.17, 15) is 26.4 Å². The summed E-state index contributed by atoms with van der Waals surface area (Å²) >= 11 is 0. The van der Waals surface area contributed by atoms with Gasteiger partial charge in [0.25, 0.3) is 0 Å². The first kappa shape index (κ1) is 18.8. The van der Waals surface area contributed by atoms with Crippen molar-refractivity contribution in [1.82, 2.24) is 0 Å². The summed E-state index contributed by atoms with van der Waals surface area (Å²) in [5.41, 5.74) is -0.0104. The quantitative estimate of drug-likeness (QED) is 0.848. The second-order valence-electron chi connectivity index (χ2n) is 5.24. The number of sulfonamides is 1. The SMILES string of the molecule is CS(=O)(=O)N(CCC(=O)Nc1ccc(F)cc1)c1ccc(F)cc1F. The van der Waals surface area contributed by atoms with Gasteiger partial charge in [-0.05, 0) is 36.4 Å². The maximum absolute atomic E-state index is 13.9. The fourth-order valence-corrected chi connectivity index (χ4v) is 3.04. The minimum Gasteiger partial charge on any atom is -0.326 e. The molecule has 1 amide bonds. The number of benzene rings is 2. The summed E-state index contributed by atoms with van der Waals surface area (Å²) in [7, 11) is -3.89. The van der Waals surface area contributed by atoms with Crippen molar-refractivity contribution in [3.05, 3.63) is 59.9 Å². The van der Waals surface area contributed by atoms with E-state index in [1.165, 1.54) is 12.1 Å². The first-order valence-corrected chi connectivity index (χ1v) is 9.00. The van der Waals surface area contributed by atoms with Crippen molar-refractivity contribution in [3.63, 3.8) is 0 Å². The molecule has 0 aliphatic carbocycles. The molecule has 0 saturated carbocycles. The number of carbonyl (C=O) groups is 1. The lowest BCUT2D eigenvalue weighted by Crippen LogP contribution is -2.33. The molecule has 1 N–H and O–H groups in total. The van der Waals surface area contributed by atoms with Gasteiger partial charge in [0.15, 0.2) is 0 Å². The Kier molecular flexibility index (Phi) is 5.68. The third-order valence-electron chi connectivity index (χ3n) is 3.25. The van der Waals surface area contributed by atoms with Crippen molar-refractivity contribution in [1.29, 1.82) is 0 Å². The van der Waals surface area contributed by atoms with Crippen LogP contribution in [0.25, 0.3) is 0 Å². The maximum atomic E-state index is 13.9.